The Balaban J connectivity index is 2.16. The Hall–Kier alpha value is -1.29. The molecule has 2 atom stereocenters. The number of anilines is 1. The molecule has 0 bridgehead atoms. The van der Waals surface area contributed by atoms with E-state index >= 15 is 0 Å². The van der Waals surface area contributed by atoms with Crippen LogP contribution in [-0.4, -0.2) is 31.2 Å². The predicted molar refractivity (Wildman–Crippen MR) is 74.0 cm³/mol. The Kier molecular flexibility index (Phi) is 4.42. The third-order valence-electron chi connectivity index (χ3n) is 3.91. The lowest BCUT2D eigenvalue weighted by Crippen LogP contribution is -2.40. The zero-order valence-electron chi connectivity index (χ0n) is 11.3. The molecule has 1 fully saturated rings. The van der Waals surface area contributed by atoms with Crippen molar-refractivity contribution in [3.8, 4) is 5.75 Å². The van der Waals surface area contributed by atoms with Gasteiger partial charge < -0.3 is 15.4 Å². The fraction of sp³-hybridized carbons (Fsp3) is 0.643. The molecule has 0 aliphatic heterocycles. The molecular formula is C14H23N3O. The van der Waals surface area contributed by atoms with Gasteiger partial charge in [0.25, 0.3) is 0 Å². The minimum absolute atomic E-state index is 0.542. The summed E-state index contributed by atoms with van der Waals surface area (Å²) in [7, 11) is 1.66. The second-order valence-electron chi connectivity index (χ2n) is 4.84. The van der Waals surface area contributed by atoms with Gasteiger partial charge in [0.1, 0.15) is 11.6 Å². The number of nitrogens with two attached hydrogens (primary N) is 1. The average Bonchev–Trinajstić information content (AvgIpc) is 2.89. The number of nitrogens with zero attached hydrogens (tertiary/aromatic N) is 2. The van der Waals surface area contributed by atoms with Crippen LogP contribution in [0.25, 0.3) is 0 Å². The van der Waals surface area contributed by atoms with E-state index in [1.165, 1.54) is 19.3 Å². The Labute approximate surface area is 109 Å². The summed E-state index contributed by atoms with van der Waals surface area (Å²) in [5.74, 6) is 2.44. The maximum Gasteiger partial charge on any atom is 0.137 e. The predicted octanol–water partition coefficient (Wildman–Crippen LogP) is 2.04. The largest absolute Gasteiger partial charge is 0.495 e. The van der Waals surface area contributed by atoms with Crippen LogP contribution < -0.4 is 15.4 Å². The zero-order valence-corrected chi connectivity index (χ0v) is 11.3. The molecule has 2 rings (SSSR count). The van der Waals surface area contributed by atoms with E-state index in [4.69, 9.17) is 10.5 Å². The molecule has 1 aliphatic carbocycles. The van der Waals surface area contributed by atoms with Gasteiger partial charge in [-0.25, -0.2) is 4.98 Å². The SMILES string of the molecule is CCN(c1ccc(OC)cn1)C1CCCC1CN. The second-order valence-corrected chi connectivity index (χ2v) is 4.84. The first-order valence-corrected chi connectivity index (χ1v) is 6.77. The number of pyridine rings is 1. The molecule has 18 heavy (non-hydrogen) atoms. The number of rotatable bonds is 5. The molecule has 1 saturated carbocycles. The van der Waals surface area contributed by atoms with E-state index in [1.807, 2.05) is 12.1 Å². The maximum absolute atomic E-state index is 5.87. The highest BCUT2D eigenvalue weighted by Gasteiger charge is 2.31. The van der Waals surface area contributed by atoms with Crippen LogP contribution in [0.1, 0.15) is 26.2 Å². The minimum Gasteiger partial charge on any atom is -0.495 e. The van der Waals surface area contributed by atoms with E-state index in [0.717, 1.165) is 24.7 Å². The summed E-state index contributed by atoms with van der Waals surface area (Å²) in [5.41, 5.74) is 5.87. The van der Waals surface area contributed by atoms with E-state index in [-0.39, 0.29) is 0 Å². The van der Waals surface area contributed by atoms with Crippen LogP contribution in [0.2, 0.25) is 0 Å². The molecule has 0 saturated heterocycles. The van der Waals surface area contributed by atoms with Gasteiger partial charge in [-0.15, -0.1) is 0 Å². The zero-order chi connectivity index (χ0) is 13.0. The van der Waals surface area contributed by atoms with Crippen molar-refractivity contribution in [2.45, 2.75) is 32.2 Å². The van der Waals surface area contributed by atoms with E-state index in [2.05, 4.69) is 16.8 Å². The van der Waals surface area contributed by atoms with Crippen molar-refractivity contribution in [2.24, 2.45) is 11.7 Å². The summed E-state index contributed by atoms with van der Waals surface area (Å²) in [6.07, 6.45) is 5.53. The normalized spacial score (nSPS) is 23.1. The third-order valence-corrected chi connectivity index (χ3v) is 3.91. The van der Waals surface area contributed by atoms with Crippen molar-refractivity contribution in [1.29, 1.82) is 0 Å². The molecule has 1 aromatic heterocycles. The lowest BCUT2D eigenvalue weighted by atomic mass is 10.0. The molecular weight excluding hydrogens is 226 g/mol. The molecule has 2 N–H and O–H groups in total. The standard InChI is InChI=1S/C14H23N3O/c1-3-17(13-6-4-5-11(13)9-15)14-8-7-12(18-2)10-16-14/h7-8,10-11,13H,3-6,9,15H2,1-2H3. The fourth-order valence-corrected chi connectivity index (χ4v) is 2.93. The Bertz CT molecular complexity index is 366. The maximum atomic E-state index is 5.87. The molecule has 1 aromatic rings. The van der Waals surface area contributed by atoms with Crippen LogP contribution in [-0.2, 0) is 0 Å². The number of ether oxygens (including phenoxy) is 1. The quantitative estimate of drug-likeness (QED) is 0.867. The molecule has 0 radical (unpaired) electrons. The smallest absolute Gasteiger partial charge is 0.137 e. The summed E-state index contributed by atoms with van der Waals surface area (Å²) < 4.78 is 5.15. The Morgan fingerprint density at radius 3 is 2.83 bits per heavy atom. The molecule has 0 amide bonds. The van der Waals surface area contributed by atoms with Gasteiger partial charge in [-0.05, 0) is 44.4 Å². The minimum atomic E-state index is 0.542. The number of hydrogen-bond donors (Lipinski definition) is 1. The second kappa shape index (κ2) is 6.05. The molecule has 4 nitrogen and oxygen atoms in total. The third kappa shape index (κ3) is 2.58. The number of methoxy groups -OCH3 is 1. The van der Waals surface area contributed by atoms with E-state index < -0.39 is 0 Å². The van der Waals surface area contributed by atoms with Gasteiger partial charge in [0, 0.05) is 12.6 Å². The Morgan fingerprint density at radius 1 is 1.44 bits per heavy atom. The highest BCUT2D eigenvalue weighted by molar-refractivity contribution is 5.42. The highest BCUT2D eigenvalue weighted by atomic mass is 16.5. The van der Waals surface area contributed by atoms with Gasteiger partial charge in [-0.2, -0.15) is 0 Å². The van der Waals surface area contributed by atoms with Crippen molar-refractivity contribution in [3.63, 3.8) is 0 Å². The number of aromatic nitrogens is 1. The monoisotopic (exact) mass is 249 g/mol. The summed E-state index contributed by atoms with van der Waals surface area (Å²) in [6, 6.07) is 4.55. The van der Waals surface area contributed by atoms with Gasteiger partial charge in [0.05, 0.1) is 13.3 Å². The van der Waals surface area contributed by atoms with Crippen molar-refractivity contribution in [2.75, 3.05) is 25.1 Å². The van der Waals surface area contributed by atoms with Gasteiger partial charge in [0.15, 0.2) is 0 Å². The van der Waals surface area contributed by atoms with Crippen LogP contribution in [0.5, 0.6) is 5.75 Å². The van der Waals surface area contributed by atoms with Crippen LogP contribution >= 0.6 is 0 Å². The first-order valence-electron chi connectivity index (χ1n) is 6.77. The molecule has 1 heterocycles. The van der Waals surface area contributed by atoms with Crippen LogP contribution in [0.3, 0.4) is 0 Å². The van der Waals surface area contributed by atoms with Crippen LogP contribution in [0.15, 0.2) is 18.3 Å². The summed E-state index contributed by atoms with van der Waals surface area (Å²) >= 11 is 0. The number of hydrogen-bond acceptors (Lipinski definition) is 4. The van der Waals surface area contributed by atoms with Crippen molar-refractivity contribution >= 4 is 5.82 Å². The first kappa shape index (κ1) is 13.1. The van der Waals surface area contributed by atoms with Gasteiger partial charge >= 0.3 is 0 Å². The van der Waals surface area contributed by atoms with Gasteiger partial charge in [-0.3, -0.25) is 0 Å². The molecule has 2 unspecified atom stereocenters. The summed E-state index contributed by atoms with van der Waals surface area (Å²) in [6.45, 7) is 3.93. The van der Waals surface area contributed by atoms with E-state index in [9.17, 15) is 0 Å². The van der Waals surface area contributed by atoms with Crippen molar-refractivity contribution in [1.82, 2.24) is 4.98 Å². The topological polar surface area (TPSA) is 51.4 Å². The summed E-state index contributed by atoms with van der Waals surface area (Å²) in [4.78, 5) is 6.87. The molecule has 100 valence electrons. The average molecular weight is 249 g/mol. The highest BCUT2D eigenvalue weighted by Crippen LogP contribution is 2.31. The Morgan fingerprint density at radius 2 is 2.28 bits per heavy atom. The summed E-state index contributed by atoms with van der Waals surface area (Å²) in [5, 5.41) is 0. The van der Waals surface area contributed by atoms with E-state index in [0.29, 0.717) is 12.0 Å². The fourth-order valence-electron chi connectivity index (χ4n) is 2.93. The molecule has 1 aliphatic rings. The van der Waals surface area contributed by atoms with Crippen LogP contribution in [0.4, 0.5) is 5.82 Å². The van der Waals surface area contributed by atoms with Gasteiger partial charge in [0.2, 0.25) is 0 Å². The van der Waals surface area contributed by atoms with Gasteiger partial charge in [-0.1, -0.05) is 6.42 Å². The lowest BCUT2D eigenvalue weighted by molar-refractivity contribution is 0.412. The lowest BCUT2D eigenvalue weighted by Gasteiger charge is -2.32. The molecule has 0 aromatic carbocycles. The van der Waals surface area contributed by atoms with Crippen molar-refractivity contribution < 1.29 is 4.74 Å². The molecule has 0 spiro atoms. The van der Waals surface area contributed by atoms with Crippen molar-refractivity contribution in [3.05, 3.63) is 18.3 Å². The first-order chi connectivity index (χ1) is 8.80. The van der Waals surface area contributed by atoms with E-state index in [1.54, 1.807) is 13.3 Å². The van der Waals surface area contributed by atoms with Crippen LogP contribution in [0, 0.1) is 5.92 Å². The molecule has 4 heteroatoms.